The molecular formula is C10H13NO4S. The van der Waals surface area contributed by atoms with Crippen molar-refractivity contribution in [1.82, 2.24) is 5.32 Å². The summed E-state index contributed by atoms with van der Waals surface area (Å²) in [6.07, 6.45) is -0.731. The number of carboxylic acid groups (broad SMARTS) is 1. The van der Waals surface area contributed by atoms with Gasteiger partial charge < -0.3 is 15.2 Å². The molecule has 0 saturated heterocycles. The first-order valence-corrected chi connectivity index (χ1v) is 5.61. The second-order valence-electron chi connectivity index (χ2n) is 3.18. The number of amides is 1. The summed E-state index contributed by atoms with van der Waals surface area (Å²) in [4.78, 5) is 22.0. The quantitative estimate of drug-likeness (QED) is 0.763. The molecule has 0 aromatic carbocycles. The Balaban J connectivity index is 2.32. The molecule has 1 aromatic heterocycles. The van der Waals surface area contributed by atoms with Crippen LogP contribution in [0, 0.1) is 0 Å². The van der Waals surface area contributed by atoms with Gasteiger partial charge in [0.1, 0.15) is 0 Å². The Morgan fingerprint density at radius 1 is 1.62 bits per heavy atom. The molecule has 0 bridgehead atoms. The van der Waals surface area contributed by atoms with E-state index in [0.29, 0.717) is 0 Å². The maximum atomic E-state index is 11.4. The minimum Gasteiger partial charge on any atom is -0.479 e. The number of thiophene rings is 1. The predicted octanol–water partition coefficient (Wildman–Crippen LogP) is 0.506. The summed E-state index contributed by atoms with van der Waals surface area (Å²) < 4.78 is 4.69. The molecule has 1 aromatic rings. The molecule has 1 atom stereocenters. The monoisotopic (exact) mass is 243 g/mol. The maximum absolute atomic E-state index is 11.4. The van der Waals surface area contributed by atoms with Crippen molar-refractivity contribution in [2.45, 2.75) is 12.5 Å². The largest absolute Gasteiger partial charge is 0.479 e. The number of carbonyl (C=O) groups excluding carboxylic acids is 1. The number of hydrogen-bond donors (Lipinski definition) is 2. The number of methoxy groups -OCH3 is 1. The lowest BCUT2D eigenvalue weighted by molar-refractivity contribution is -0.148. The van der Waals surface area contributed by atoms with Crippen molar-refractivity contribution in [1.29, 1.82) is 0 Å². The van der Waals surface area contributed by atoms with Crippen LogP contribution in [0.5, 0.6) is 0 Å². The standard InChI is InChI=1S/C10H13NO4S/c1-15-8(10(13)14)5-11-9(12)4-7-2-3-16-6-7/h2-3,6,8H,4-5H2,1H3,(H,11,12)(H,13,14). The van der Waals surface area contributed by atoms with E-state index >= 15 is 0 Å². The molecule has 2 N–H and O–H groups in total. The Hall–Kier alpha value is -1.40. The van der Waals surface area contributed by atoms with Gasteiger partial charge in [0.2, 0.25) is 5.91 Å². The molecule has 16 heavy (non-hydrogen) atoms. The van der Waals surface area contributed by atoms with Crippen molar-refractivity contribution in [2.75, 3.05) is 13.7 Å². The van der Waals surface area contributed by atoms with Crippen LogP contribution in [0.4, 0.5) is 0 Å². The Labute approximate surface area is 97.0 Å². The topological polar surface area (TPSA) is 75.6 Å². The van der Waals surface area contributed by atoms with Crippen LogP contribution in [-0.4, -0.2) is 36.7 Å². The van der Waals surface area contributed by atoms with Crippen molar-refractivity contribution in [2.24, 2.45) is 0 Å². The Bertz CT molecular complexity index is 350. The third-order valence-corrected chi connectivity index (χ3v) is 2.72. The van der Waals surface area contributed by atoms with Gasteiger partial charge in [0.25, 0.3) is 0 Å². The van der Waals surface area contributed by atoms with Gasteiger partial charge in [-0.15, -0.1) is 0 Å². The number of rotatable bonds is 6. The van der Waals surface area contributed by atoms with Gasteiger partial charge in [0, 0.05) is 7.11 Å². The lowest BCUT2D eigenvalue weighted by Crippen LogP contribution is -2.38. The fourth-order valence-corrected chi connectivity index (χ4v) is 1.79. The van der Waals surface area contributed by atoms with E-state index in [0.717, 1.165) is 5.56 Å². The van der Waals surface area contributed by atoms with E-state index < -0.39 is 12.1 Å². The third-order valence-electron chi connectivity index (χ3n) is 1.99. The van der Waals surface area contributed by atoms with E-state index in [1.54, 1.807) is 0 Å². The minimum absolute atomic E-state index is 0.0190. The SMILES string of the molecule is COC(CNC(=O)Cc1ccsc1)C(=O)O. The van der Waals surface area contributed by atoms with Gasteiger partial charge in [-0.25, -0.2) is 4.79 Å². The van der Waals surface area contributed by atoms with Gasteiger partial charge >= 0.3 is 5.97 Å². The Morgan fingerprint density at radius 3 is 2.88 bits per heavy atom. The normalized spacial score (nSPS) is 12.1. The van der Waals surface area contributed by atoms with E-state index in [2.05, 4.69) is 10.1 Å². The zero-order chi connectivity index (χ0) is 12.0. The molecule has 0 saturated carbocycles. The van der Waals surface area contributed by atoms with Crippen LogP contribution in [0.25, 0.3) is 0 Å². The highest BCUT2D eigenvalue weighted by atomic mass is 32.1. The van der Waals surface area contributed by atoms with Gasteiger partial charge in [-0.05, 0) is 22.4 Å². The van der Waals surface area contributed by atoms with Crippen LogP contribution in [0.3, 0.4) is 0 Å². The van der Waals surface area contributed by atoms with E-state index in [1.807, 2.05) is 16.8 Å². The average Bonchev–Trinajstić information content (AvgIpc) is 2.70. The molecule has 0 fully saturated rings. The first-order chi connectivity index (χ1) is 7.63. The molecule has 0 spiro atoms. The second-order valence-corrected chi connectivity index (χ2v) is 3.96. The van der Waals surface area contributed by atoms with Gasteiger partial charge in [-0.3, -0.25) is 4.79 Å². The van der Waals surface area contributed by atoms with Crippen LogP contribution < -0.4 is 5.32 Å². The fraction of sp³-hybridized carbons (Fsp3) is 0.400. The molecule has 1 unspecified atom stereocenters. The van der Waals surface area contributed by atoms with Gasteiger partial charge in [0.15, 0.2) is 6.10 Å². The highest BCUT2D eigenvalue weighted by Gasteiger charge is 2.17. The molecule has 5 nitrogen and oxygen atoms in total. The first kappa shape index (κ1) is 12.7. The number of carboxylic acids is 1. The van der Waals surface area contributed by atoms with Crippen molar-refractivity contribution >= 4 is 23.2 Å². The number of ether oxygens (including phenoxy) is 1. The number of aliphatic carboxylic acids is 1. The summed E-state index contributed by atoms with van der Waals surface area (Å²) in [7, 11) is 1.30. The summed E-state index contributed by atoms with van der Waals surface area (Å²) >= 11 is 1.52. The number of nitrogens with one attached hydrogen (secondary N) is 1. The Kier molecular flexibility index (Phi) is 4.94. The maximum Gasteiger partial charge on any atom is 0.334 e. The minimum atomic E-state index is -1.08. The smallest absolute Gasteiger partial charge is 0.334 e. The average molecular weight is 243 g/mol. The van der Waals surface area contributed by atoms with Crippen LogP contribution in [0.1, 0.15) is 5.56 Å². The third kappa shape index (κ3) is 4.00. The molecule has 0 radical (unpaired) electrons. The van der Waals surface area contributed by atoms with Crippen LogP contribution in [0.2, 0.25) is 0 Å². The van der Waals surface area contributed by atoms with E-state index in [9.17, 15) is 9.59 Å². The number of carbonyl (C=O) groups is 2. The molecule has 1 rings (SSSR count). The molecule has 6 heteroatoms. The summed E-state index contributed by atoms with van der Waals surface area (Å²) in [5.41, 5.74) is 0.923. The molecule has 88 valence electrons. The van der Waals surface area contributed by atoms with Crippen LogP contribution in [0.15, 0.2) is 16.8 Å². The van der Waals surface area contributed by atoms with Crippen molar-refractivity contribution in [3.05, 3.63) is 22.4 Å². The highest BCUT2D eigenvalue weighted by molar-refractivity contribution is 7.07. The molecule has 0 aliphatic carbocycles. The molecule has 1 amide bonds. The van der Waals surface area contributed by atoms with Crippen molar-refractivity contribution in [3.8, 4) is 0 Å². The molecule has 0 aliphatic rings. The zero-order valence-corrected chi connectivity index (χ0v) is 9.62. The summed E-state index contributed by atoms with van der Waals surface area (Å²) in [5, 5.41) is 14.9. The molecular weight excluding hydrogens is 230 g/mol. The van der Waals surface area contributed by atoms with E-state index in [-0.39, 0.29) is 18.9 Å². The summed E-state index contributed by atoms with van der Waals surface area (Å²) in [6.45, 7) is -0.0190. The van der Waals surface area contributed by atoms with Crippen LogP contribution in [-0.2, 0) is 20.7 Å². The predicted molar refractivity (Wildman–Crippen MR) is 59.5 cm³/mol. The van der Waals surface area contributed by atoms with E-state index in [4.69, 9.17) is 5.11 Å². The molecule has 1 heterocycles. The van der Waals surface area contributed by atoms with Gasteiger partial charge in [-0.2, -0.15) is 11.3 Å². The second kappa shape index (κ2) is 6.24. The first-order valence-electron chi connectivity index (χ1n) is 4.67. The summed E-state index contributed by atoms with van der Waals surface area (Å²) in [5.74, 6) is -1.29. The van der Waals surface area contributed by atoms with Gasteiger partial charge in [-0.1, -0.05) is 0 Å². The zero-order valence-electron chi connectivity index (χ0n) is 8.80. The number of hydrogen-bond acceptors (Lipinski definition) is 4. The highest BCUT2D eigenvalue weighted by Crippen LogP contribution is 2.06. The lowest BCUT2D eigenvalue weighted by atomic mass is 10.2. The fourth-order valence-electron chi connectivity index (χ4n) is 1.12. The van der Waals surface area contributed by atoms with Crippen molar-refractivity contribution in [3.63, 3.8) is 0 Å². The van der Waals surface area contributed by atoms with Gasteiger partial charge in [0.05, 0.1) is 13.0 Å². The van der Waals surface area contributed by atoms with Crippen LogP contribution >= 0.6 is 11.3 Å². The molecule has 0 aliphatic heterocycles. The van der Waals surface area contributed by atoms with Crippen molar-refractivity contribution < 1.29 is 19.4 Å². The van der Waals surface area contributed by atoms with E-state index in [1.165, 1.54) is 18.4 Å². The summed E-state index contributed by atoms with van der Waals surface area (Å²) in [6, 6.07) is 1.86. The lowest BCUT2D eigenvalue weighted by Gasteiger charge is -2.11. The Morgan fingerprint density at radius 2 is 2.38 bits per heavy atom.